The monoisotopic (exact) mass is 354 g/mol. The van der Waals surface area contributed by atoms with Crippen molar-refractivity contribution in [1.82, 2.24) is 0 Å². The summed E-state index contributed by atoms with van der Waals surface area (Å²) in [6, 6.07) is 14.9. The van der Waals surface area contributed by atoms with Gasteiger partial charge in [0.1, 0.15) is 6.61 Å². The highest BCUT2D eigenvalue weighted by Gasteiger charge is 2.45. The lowest BCUT2D eigenvalue weighted by molar-refractivity contribution is -0.148. The van der Waals surface area contributed by atoms with E-state index in [0.29, 0.717) is 16.2 Å². The van der Waals surface area contributed by atoms with E-state index in [1.807, 2.05) is 36.4 Å². The molecule has 4 nitrogen and oxygen atoms in total. The Morgan fingerprint density at radius 3 is 2.76 bits per heavy atom. The fraction of sp³-hybridized carbons (Fsp3) is 0.200. The van der Waals surface area contributed by atoms with Crippen molar-refractivity contribution in [2.45, 2.75) is 12.5 Å². The molecule has 2 aliphatic rings. The molecule has 0 saturated carbocycles. The van der Waals surface area contributed by atoms with Gasteiger partial charge in [-0.15, -0.1) is 0 Å². The maximum atomic E-state index is 12.8. The molecule has 1 heterocycles. The molecule has 0 spiro atoms. The van der Waals surface area contributed by atoms with Crippen molar-refractivity contribution in [3.05, 3.63) is 75.8 Å². The number of hydrogen-bond acceptors (Lipinski definition) is 4. The molecule has 0 radical (unpaired) electrons. The third-order valence-corrected chi connectivity index (χ3v) is 4.96. The average molecular weight is 355 g/mol. The van der Waals surface area contributed by atoms with Crippen LogP contribution in [-0.4, -0.2) is 18.5 Å². The first-order valence-electron chi connectivity index (χ1n) is 8.03. The highest BCUT2D eigenvalue weighted by Crippen LogP contribution is 2.44. The molecule has 0 amide bonds. The van der Waals surface area contributed by atoms with Crippen LogP contribution in [0.5, 0.6) is 0 Å². The lowest BCUT2D eigenvalue weighted by Gasteiger charge is -2.27. The van der Waals surface area contributed by atoms with Crippen LogP contribution in [0.1, 0.15) is 22.6 Å². The van der Waals surface area contributed by atoms with Gasteiger partial charge in [0.2, 0.25) is 0 Å². The number of benzene rings is 2. The summed E-state index contributed by atoms with van der Waals surface area (Å²) in [5.74, 6) is -1.69. The van der Waals surface area contributed by atoms with E-state index in [-0.39, 0.29) is 25.1 Å². The number of carbonyl (C=O) groups excluding carboxylic acids is 2. The third kappa shape index (κ3) is 2.83. The van der Waals surface area contributed by atoms with E-state index in [1.54, 1.807) is 18.2 Å². The summed E-state index contributed by atoms with van der Waals surface area (Å²) in [6.45, 7) is 0.369. The Labute approximate surface area is 150 Å². The zero-order chi connectivity index (χ0) is 17.4. The molecule has 1 aliphatic heterocycles. The fourth-order valence-electron chi connectivity index (χ4n) is 3.39. The van der Waals surface area contributed by atoms with Crippen LogP contribution in [0.3, 0.4) is 0 Å². The lowest BCUT2D eigenvalue weighted by Crippen LogP contribution is -2.28. The molecule has 1 fully saturated rings. The second-order valence-electron chi connectivity index (χ2n) is 6.12. The smallest absolute Gasteiger partial charge is 0.334 e. The summed E-state index contributed by atoms with van der Waals surface area (Å²) in [5.41, 5.74) is 2.86. The van der Waals surface area contributed by atoms with Crippen molar-refractivity contribution in [3.63, 3.8) is 0 Å². The van der Waals surface area contributed by atoms with Gasteiger partial charge in [-0.25, -0.2) is 4.79 Å². The highest BCUT2D eigenvalue weighted by molar-refractivity contribution is 6.32. The largest absolute Gasteiger partial charge is 0.462 e. The average Bonchev–Trinajstić information content (AvgIpc) is 3.00. The zero-order valence-corrected chi connectivity index (χ0v) is 14.0. The van der Waals surface area contributed by atoms with Gasteiger partial charge < -0.3 is 9.47 Å². The van der Waals surface area contributed by atoms with Gasteiger partial charge in [-0.3, -0.25) is 4.79 Å². The maximum absolute atomic E-state index is 12.8. The number of fused-ring (bicyclic) bond motifs is 2. The van der Waals surface area contributed by atoms with E-state index in [1.165, 1.54) is 0 Å². The van der Waals surface area contributed by atoms with Crippen molar-refractivity contribution in [1.29, 1.82) is 0 Å². The quantitative estimate of drug-likeness (QED) is 0.788. The van der Waals surface area contributed by atoms with Gasteiger partial charge in [0.25, 0.3) is 0 Å². The Kier molecular flexibility index (Phi) is 4.06. The number of cyclic esters (lactones) is 1. The molecule has 0 aromatic heterocycles. The van der Waals surface area contributed by atoms with Gasteiger partial charge >= 0.3 is 11.9 Å². The molecule has 25 heavy (non-hydrogen) atoms. The summed E-state index contributed by atoms with van der Waals surface area (Å²) in [5, 5.41) is 0.504. The Hall–Kier alpha value is -2.59. The Morgan fingerprint density at radius 1 is 1.16 bits per heavy atom. The van der Waals surface area contributed by atoms with Gasteiger partial charge in [-0.05, 0) is 28.8 Å². The van der Waals surface area contributed by atoms with Crippen LogP contribution in [0, 0.1) is 5.92 Å². The second-order valence-corrected chi connectivity index (χ2v) is 6.53. The summed E-state index contributed by atoms with van der Waals surface area (Å²) < 4.78 is 10.7. The van der Waals surface area contributed by atoms with Gasteiger partial charge in [-0.2, -0.15) is 0 Å². The van der Waals surface area contributed by atoms with E-state index < -0.39 is 11.9 Å². The first kappa shape index (κ1) is 15.9. The molecule has 2 aromatic carbocycles. The van der Waals surface area contributed by atoms with Crippen molar-refractivity contribution in [3.8, 4) is 0 Å². The molecule has 5 heteroatoms. The van der Waals surface area contributed by atoms with Crippen molar-refractivity contribution >= 4 is 29.6 Å². The number of hydrogen-bond donors (Lipinski definition) is 0. The van der Waals surface area contributed by atoms with Crippen molar-refractivity contribution in [2.24, 2.45) is 5.92 Å². The minimum atomic E-state index is -0.594. The standard InChI is InChI=1S/C20H15ClO4/c21-17-8-4-7-13-14(17)9-15-16(11-25-19(15)22)18(13)20(23)24-10-12-5-2-1-3-6-12/h1-9,16,18H,10-11H2/t16-,18-/m0/s1. The number of rotatable bonds is 3. The first-order chi connectivity index (χ1) is 12.1. The molecular formula is C20H15ClO4. The summed E-state index contributed by atoms with van der Waals surface area (Å²) >= 11 is 6.27. The number of halogens is 1. The van der Waals surface area contributed by atoms with Crippen molar-refractivity contribution in [2.75, 3.05) is 6.61 Å². The topological polar surface area (TPSA) is 52.6 Å². The van der Waals surface area contributed by atoms with Gasteiger partial charge in [0.15, 0.2) is 0 Å². The van der Waals surface area contributed by atoms with Gasteiger partial charge in [0, 0.05) is 16.5 Å². The Morgan fingerprint density at radius 2 is 1.96 bits per heavy atom. The molecule has 1 saturated heterocycles. The molecule has 2 atom stereocenters. The number of ether oxygens (including phenoxy) is 2. The molecule has 0 unspecified atom stereocenters. The van der Waals surface area contributed by atoms with E-state index in [9.17, 15) is 9.59 Å². The lowest BCUT2D eigenvalue weighted by atomic mass is 9.76. The molecule has 0 N–H and O–H groups in total. The van der Waals surface area contributed by atoms with Gasteiger partial charge in [0.05, 0.1) is 12.5 Å². The van der Waals surface area contributed by atoms with E-state index in [4.69, 9.17) is 21.1 Å². The van der Waals surface area contributed by atoms with Crippen LogP contribution >= 0.6 is 11.6 Å². The van der Waals surface area contributed by atoms with Crippen LogP contribution in [0.25, 0.3) is 6.08 Å². The first-order valence-corrected chi connectivity index (χ1v) is 8.40. The SMILES string of the molecule is O=C1OC[C@H]2C1=Cc1c(Cl)cccc1[C@@H]2C(=O)OCc1ccccc1. The highest BCUT2D eigenvalue weighted by atomic mass is 35.5. The minimum absolute atomic E-state index is 0.182. The minimum Gasteiger partial charge on any atom is -0.462 e. The van der Waals surface area contributed by atoms with Gasteiger partial charge in [-0.1, -0.05) is 54.1 Å². The predicted octanol–water partition coefficient (Wildman–Crippen LogP) is 3.74. The molecule has 0 bridgehead atoms. The van der Waals surface area contributed by atoms with Crippen LogP contribution < -0.4 is 0 Å². The molecule has 4 rings (SSSR count). The maximum Gasteiger partial charge on any atom is 0.334 e. The van der Waals surface area contributed by atoms with Crippen molar-refractivity contribution < 1.29 is 19.1 Å². The van der Waals surface area contributed by atoms with E-state index in [0.717, 1.165) is 11.1 Å². The molecule has 1 aliphatic carbocycles. The number of carbonyl (C=O) groups is 2. The molecular weight excluding hydrogens is 340 g/mol. The number of esters is 2. The Bertz CT molecular complexity index is 873. The normalized spacial score (nSPS) is 21.0. The van der Waals surface area contributed by atoms with Crippen LogP contribution in [0.15, 0.2) is 54.1 Å². The van der Waals surface area contributed by atoms with E-state index >= 15 is 0 Å². The van der Waals surface area contributed by atoms with Crippen LogP contribution in [0.2, 0.25) is 5.02 Å². The second kappa shape index (κ2) is 6.37. The third-order valence-electron chi connectivity index (χ3n) is 4.63. The zero-order valence-electron chi connectivity index (χ0n) is 13.3. The van der Waals surface area contributed by atoms with E-state index in [2.05, 4.69) is 0 Å². The summed E-state index contributed by atoms with van der Waals surface area (Å²) in [6.07, 6.45) is 1.73. The Balaban J connectivity index is 1.66. The molecule has 126 valence electrons. The molecule has 2 aromatic rings. The van der Waals surface area contributed by atoms with Crippen LogP contribution in [-0.2, 0) is 25.7 Å². The van der Waals surface area contributed by atoms with Crippen LogP contribution in [0.4, 0.5) is 0 Å². The predicted molar refractivity (Wildman–Crippen MR) is 92.9 cm³/mol. The fourth-order valence-corrected chi connectivity index (χ4v) is 3.63. The summed E-state index contributed by atoms with van der Waals surface area (Å²) in [4.78, 5) is 24.8. The summed E-state index contributed by atoms with van der Waals surface area (Å²) in [7, 11) is 0.